The van der Waals surface area contributed by atoms with Crippen molar-refractivity contribution in [1.29, 1.82) is 0 Å². The minimum absolute atomic E-state index is 1.27. The standard InChI is InChI=1S/C22H24N/c1-15-13-22(23(5)14-18(15)4)21-12-16(2)20(11-17(21)3)19-9-7-6-8-10-19/h6-14H,1-5H3/q+1. The van der Waals surface area contributed by atoms with Gasteiger partial charge < -0.3 is 0 Å². The Labute approximate surface area is 139 Å². The molecule has 0 spiro atoms. The first-order valence-electron chi connectivity index (χ1n) is 8.11. The fraction of sp³-hybridized carbons (Fsp3) is 0.227. The van der Waals surface area contributed by atoms with Crippen molar-refractivity contribution in [3.8, 4) is 22.4 Å². The van der Waals surface area contributed by atoms with E-state index in [2.05, 4.69) is 94.0 Å². The molecule has 0 bridgehead atoms. The maximum Gasteiger partial charge on any atom is 0.212 e. The topological polar surface area (TPSA) is 3.88 Å². The maximum absolute atomic E-state index is 2.32. The third-order valence-electron chi connectivity index (χ3n) is 4.67. The van der Waals surface area contributed by atoms with E-state index in [0.717, 1.165) is 0 Å². The highest BCUT2D eigenvalue weighted by molar-refractivity contribution is 5.74. The third kappa shape index (κ3) is 2.92. The molecule has 0 saturated carbocycles. The van der Waals surface area contributed by atoms with Gasteiger partial charge in [0.25, 0.3) is 0 Å². The summed E-state index contributed by atoms with van der Waals surface area (Å²) in [5.41, 5.74) is 10.5. The number of aryl methyl sites for hydroxylation is 5. The van der Waals surface area contributed by atoms with Crippen LogP contribution in [0.25, 0.3) is 22.4 Å². The minimum Gasteiger partial charge on any atom is -0.201 e. The van der Waals surface area contributed by atoms with E-state index >= 15 is 0 Å². The molecule has 0 aliphatic carbocycles. The Morgan fingerprint density at radius 1 is 0.652 bits per heavy atom. The molecule has 0 fully saturated rings. The van der Waals surface area contributed by atoms with Crippen LogP contribution in [0, 0.1) is 27.7 Å². The Balaban J connectivity index is 2.17. The van der Waals surface area contributed by atoms with Crippen molar-refractivity contribution < 1.29 is 4.57 Å². The van der Waals surface area contributed by atoms with Crippen molar-refractivity contribution in [1.82, 2.24) is 0 Å². The number of hydrogen-bond donors (Lipinski definition) is 0. The summed E-state index contributed by atoms with van der Waals surface area (Å²) in [6, 6.07) is 17.5. The maximum atomic E-state index is 2.32. The molecule has 0 N–H and O–H groups in total. The molecule has 0 aliphatic rings. The summed E-state index contributed by atoms with van der Waals surface area (Å²) < 4.78 is 2.23. The smallest absolute Gasteiger partial charge is 0.201 e. The second-order valence-corrected chi connectivity index (χ2v) is 6.48. The Morgan fingerprint density at radius 3 is 1.96 bits per heavy atom. The molecular formula is C22H24N+. The molecule has 1 nitrogen and oxygen atoms in total. The first-order chi connectivity index (χ1) is 11.0. The molecule has 0 radical (unpaired) electrons. The molecule has 3 rings (SSSR count). The normalized spacial score (nSPS) is 10.8. The van der Waals surface area contributed by atoms with Crippen LogP contribution < -0.4 is 4.57 Å². The van der Waals surface area contributed by atoms with Gasteiger partial charge in [-0.05, 0) is 61.6 Å². The van der Waals surface area contributed by atoms with E-state index in [0.29, 0.717) is 0 Å². The molecular weight excluding hydrogens is 278 g/mol. The van der Waals surface area contributed by atoms with Gasteiger partial charge in [-0.3, -0.25) is 0 Å². The second-order valence-electron chi connectivity index (χ2n) is 6.48. The van der Waals surface area contributed by atoms with Gasteiger partial charge in [0.2, 0.25) is 5.69 Å². The zero-order valence-electron chi connectivity index (χ0n) is 14.6. The summed E-state index contributed by atoms with van der Waals surface area (Å²) in [6.45, 7) is 8.75. The minimum atomic E-state index is 1.27. The van der Waals surface area contributed by atoms with Gasteiger partial charge in [-0.15, -0.1) is 0 Å². The highest BCUT2D eigenvalue weighted by atomic mass is 14.9. The summed E-state index contributed by atoms with van der Waals surface area (Å²) in [6.07, 6.45) is 2.21. The molecule has 0 atom stereocenters. The lowest BCUT2D eigenvalue weighted by atomic mass is 9.93. The first-order valence-corrected chi connectivity index (χ1v) is 8.11. The van der Waals surface area contributed by atoms with Crippen molar-refractivity contribution in [2.24, 2.45) is 7.05 Å². The van der Waals surface area contributed by atoms with Gasteiger partial charge in [-0.2, -0.15) is 0 Å². The number of aromatic nitrogens is 1. The van der Waals surface area contributed by atoms with E-state index < -0.39 is 0 Å². The van der Waals surface area contributed by atoms with Crippen molar-refractivity contribution in [2.75, 3.05) is 0 Å². The SMILES string of the molecule is Cc1cc(-c2cc(C)c(-c3ccccc3)cc2C)[n+](C)cc1C. The average molecular weight is 302 g/mol. The molecule has 0 amide bonds. The van der Waals surface area contributed by atoms with Crippen LogP contribution in [0.4, 0.5) is 0 Å². The molecule has 0 saturated heterocycles. The molecule has 1 aromatic heterocycles. The summed E-state index contributed by atoms with van der Waals surface area (Å²) in [5.74, 6) is 0. The van der Waals surface area contributed by atoms with Crippen LogP contribution in [0.2, 0.25) is 0 Å². The van der Waals surface area contributed by atoms with Crippen LogP contribution in [-0.2, 0) is 7.05 Å². The zero-order chi connectivity index (χ0) is 16.6. The van der Waals surface area contributed by atoms with E-state index in [-0.39, 0.29) is 0 Å². The van der Waals surface area contributed by atoms with E-state index in [1.165, 1.54) is 44.6 Å². The average Bonchev–Trinajstić information content (AvgIpc) is 2.54. The molecule has 0 unspecified atom stereocenters. The van der Waals surface area contributed by atoms with Gasteiger partial charge in [-0.1, -0.05) is 36.4 Å². The van der Waals surface area contributed by atoms with E-state index in [1.54, 1.807) is 0 Å². The third-order valence-corrected chi connectivity index (χ3v) is 4.67. The monoisotopic (exact) mass is 302 g/mol. The predicted molar refractivity (Wildman–Crippen MR) is 97.4 cm³/mol. The molecule has 1 heteroatoms. The predicted octanol–water partition coefficient (Wildman–Crippen LogP) is 5.08. The van der Waals surface area contributed by atoms with Crippen LogP contribution in [0.3, 0.4) is 0 Å². The summed E-state index contributed by atoms with van der Waals surface area (Å²) >= 11 is 0. The van der Waals surface area contributed by atoms with Gasteiger partial charge >= 0.3 is 0 Å². The quantitative estimate of drug-likeness (QED) is 0.581. The lowest BCUT2D eigenvalue weighted by Gasteiger charge is -2.12. The zero-order valence-corrected chi connectivity index (χ0v) is 14.6. The van der Waals surface area contributed by atoms with E-state index in [9.17, 15) is 0 Å². The van der Waals surface area contributed by atoms with Crippen molar-refractivity contribution in [3.05, 3.63) is 77.0 Å². The van der Waals surface area contributed by atoms with Gasteiger partial charge in [0.05, 0.1) is 0 Å². The van der Waals surface area contributed by atoms with Gasteiger partial charge in [-0.25, -0.2) is 4.57 Å². The lowest BCUT2D eigenvalue weighted by Crippen LogP contribution is -2.31. The summed E-state index contributed by atoms with van der Waals surface area (Å²) in [5, 5.41) is 0. The summed E-state index contributed by atoms with van der Waals surface area (Å²) in [4.78, 5) is 0. The molecule has 3 aromatic rings. The fourth-order valence-corrected chi connectivity index (χ4v) is 3.17. The van der Waals surface area contributed by atoms with Crippen LogP contribution in [0.15, 0.2) is 54.7 Å². The Bertz CT molecular complexity index is 861. The van der Waals surface area contributed by atoms with Crippen molar-refractivity contribution in [3.63, 3.8) is 0 Å². The number of nitrogens with zero attached hydrogens (tertiary/aromatic N) is 1. The van der Waals surface area contributed by atoms with Crippen LogP contribution in [-0.4, -0.2) is 0 Å². The van der Waals surface area contributed by atoms with Gasteiger partial charge in [0.15, 0.2) is 6.20 Å². The van der Waals surface area contributed by atoms with Gasteiger partial charge in [0, 0.05) is 17.2 Å². The Kier molecular flexibility index (Phi) is 4.04. The van der Waals surface area contributed by atoms with Gasteiger partial charge in [0.1, 0.15) is 7.05 Å². The molecule has 1 heterocycles. The lowest BCUT2D eigenvalue weighted by molar-refractivity contribution is -0.660. The molecule has 0 aliphatic heterocycles. The second kappa shape index (κ2) is 6.00. The van der Waals surface area contributed by atoms with E-state index in [1.807, 2.05) is 0 Å². The van der Waals surface area contributed by atoms with Crippen LogP contribution >= 0.6 is 0 Å². The number of benzene rings is 2. The largest absolute Gasteiger partial charge is 0.212 e. The first kappa shape index (κ1) is 15.5. The molecule has 116 valence electrons. The highest BCUT2D eigenvalue weighted by Gasteiger charge is 2.16. The molecule has 2 aromatic carbocycles. The number of pyridine rings is 1. The van der Waals surface area contributed by atoms with Crippen molar-refractivity contribution >= 4 is 0 Å². The highest BCUT2D eigenvalue weighted by Crippen LogP contribution is 2.30. The number of rotatable bonds is 2. The Morgan fingerprint density at radius 2 is 1.26 bits per heavy atom. The Hall–Kier alpha value is -2.41. The summed E-state index contributed by atoms with van der Waals surface area (Å²) in [7, 11) is 2.13. The van der Waals surface area contributed by atoms with Crippen LogP contribution in [0.1, 0.15) is 22.3 Å². The van der Waals surface area contributed by atoms with Crippen LogP contribution in [0.5, 0.6) is 0 Å². The fourth-order valence-electron chi connectivity index (χ4n) is 3.17. The molecule has 23 heavy (non-hydrogen) atoms. The van der Waals surface area contributed by atoms with Crippen molar-refractivity contribution in [2.45, 2.75) is 27.7 Å². The van der Waals surface area contributed by atoms with E-state index in [4.69, 9.17) is 0 Å². The number of hydrogen-bond acceptors (Lipinski definition) is 0.